The van der Waals surface area contributed by atoms with E-state index in [4.69, 9.17) is 11.3 Å². The van der Waals surface area contributed by atoms with E-state index in [1.807, 2.05) is 0 Å². The maximum absolute atomic E-state index is 12.2. The third-order valence-electron chi connectivity index (χ3n) is 3.77. The number of hydrogen-bond donors (Lipinski definition) is 1. The molecule has 120 valence electrons. The second-order valence-electron chi connectivity index (χ2n) is 5.28. The van der Waals surface area contributed by atoms with Gasteiger partial charge >= 0.3 is 5.97 Å². The lowest BCUT2D eigenvalue weighted by molar-refractivity contribution is -0.150. The molecular formula is C16H17N3O4. The van der Waals surface area contributed by atoms with Crippen LogP contribution in [0.15, 0.2) is 24.3 Å². The number of hydrogen-bond acceptors (Lipinski definition) is 4. The smallest absolute Gasteiger partial charge is 0.328 e. The molecule has 2 atom stereocenters. The van der Waals surface area contributed by atoms with Crippen LogP contribution in [0.5, 0.6) is 0 Å². The van der Waals surface area contributed by atoms with E-state index in [0.717, 1.165) is 0 Å². The Hall–Kier alpha value is -2.88. The maximum Gasteiger partial charge on any atom is 0.328 e. The van der Waals surface area contributed by atoms with E-state index < -0.39 is 12.0 Å². The molecule has 0 unspecified atom stereocenters. The molecule has 1 fully saturated rings. The first-order valence-corrected chi connectivity index (χ1v) is 7.09. The lowest BCUT2D eigenvalue weighted by atomic mass is 10.1. The van der Waals surface area contributed by atoms with Gasteiger partial charge in [-0.05, 0) is 0 Å². The van der Waals surface area contributed by atoms with Gasteiger partial charge in [-0.15, -0.1) is 0 Å². The van der Waals surface area contributed by atoms with Crippen molar-refractivity contribution in [2.45, 2.75) is 25.4 Å². The van der Waals surface area contributed by atoms with Crippen LogP contribution in [-0.4, -0.2) is 48.4 Å². The zero-order chi connectivity index (χ0) is 17.0. The number of methoxy groups -OCH3 is 1. The average Bonchev–Trinajstić information content (AvgIpc) is 2.98. The van der Waals surface area contributed by atoms with Gasteiger partial charge in [-0.2, -0.15) is 0 Å². The number of nitrogens with one attached hydrogen (secondary N) is 1. The number of rotatable bonds is 3. The van der Waals surface area contributed by atoms with Crippen molar-refractivity contribution in [1.29, 1.82) is 0 Å². The van der Waals surface area contributed by atoms with Gasteiger partial charge in [0.2, 0.25) is 5.91 Å². The monoisotopic (exact) mass is 315 g/mol. The van der Waals surface area contributed by atoms with Crippen LogP contribution >= 0.6 is 0 Å². The van der Waals surface area contributed by atoms with Crippen LogP contribution in [0.1, 0.15) is 23.7 Å². The van der Waals surface area contributed by atoms with E-state index >= 15 is 0 Å². The molecule has 1 aliphatic heterocycles. The summed E-state index contributed by atoms with van der Waals surface area (Å²) in [5.41, 5.74) is 0.879. The molecule has 0 spiro atoms. The maximum atomic E-state index is 12.2. The number of benzene rings is 1. The summed E-state index contributed by atoms with van der Waals surface area (Å²) in [5, 5.41) is 2.81. The molecule has 1 saturated heterocycles. The molecule has 0 bridgehead atoms. The highest BCUT2D eigenvalue weighted by Gasteiger charge is 2.39. The van der Waals surface area contributed by atoms with Gasteiger partial charge in [-0.3, -0.25) is 9.59 Å². The number of ether oxygens (including phenoxy) is 1. The van der Waals surface area contributed by atoms with Crippen molar-refractivity contribution < 1.29 is 19.1 Å². The summed E-state index contributed by atoms with van der Waals surface area (Å²) in [5.74, 6) is -1.03. The van der Waals surface area contributed by atoms with Gasteiger partial charge in [-0.1, -0.05) is 24.3 Å². The van der Waals surface area contributed by atoms with Crippen molar-refractivity contribution in [2.75, 3.05) is 13.7 Å². The number of carbonyl (C=O) groups is 3. The fourth-order valence-corrected chi connectivity index (χ4v) is 2.60. The predicted octanol–water partition coefficient (Wildman–Crippen LogP) is 1.13. The lowest BCUT2D eigenvalue weighted by Crippen LogP contribution is -2.40. The number of likely N-dealkylation sites (tertiary alicyclic amines) is 1. The molecule has 1 aliphatic rings. The van der Waals surface area contributed by atoms with Gasteiger partial charge in [0.1, 0.15) is 6.04 Å². The number of carbonyl (C=O) groups excluding carboxylic acids is 3. The Morgan fingerprint density at radius 1 is 1.30 bits per heavy atom. The molecule has 0 aliphatic carbocycles. The lowest BCUT2D eigenvalue weighted by Gasteiger charge is -2.20. The van der Waals surface area contributed by atoms with Gasteiger partial charge in [-0.25, -0.2) is 9.64 Å². The predicted molar refractivity (Wildman–Crippen MR) is 81.8 cm³/mol. The van der Waals surface area contributed by atoms with E-state index in [1.165, 1.54) is 18.9 Å². The SMILES string of the molecule is [C-]#[N+]c1ccc(C(=O)N[C@@H]2C[C@@H](C(=O)OC)N(C(C)=O)C2)cc1. The van der Waals surface area contributed by atoms with Gasteiger partial charge in [0.25, 0.3) is 5.91 Å². The van der Waals surface area contributed by atoms with Crippen LogP contribution in [0.2, 0.25) is 0 Å². The number of esters is 1. The molecule has 1 aromatic rings. The minimum absolute atomic E-state index is 0.237. The van der Waals surface area contributed by atoms with E-state index in [9.17, 15) is 14.4 Å². The van der Waals surface area contributed by atoms with Crippen molar-refractivity contribution in [1.82, 2.24) is 10.2 Å². The first kappa shape index (κ1) is 16.5. The van der Waals surface area contributed by atoms with Crippen molar-refractivity contribution in [3.63, 3.8) is 0 Å². The normalized spacial score (nSPS) is 19.8. The molecule has 2 amide bonds. The summed E-state index contributed by atoms with van der Waals surface area (Å²) in [6.45, 7) is 8.53. The Morgan fingerprint density at radius 2 is 1.96 bits per heavy atom. The standard InChI is InChI=1S/C16H17N3O4/c1-10(20)19-9-13(8-14(19)16(22)23-3)18-15(21)11-4-6-12(17-2)7-5-11/h4-7,13-14H,8-9H2,1,3H3,(H,18,21)/t13-,14+/m1/s1. The van der Waals surface area contributed by atoms with Crippen molar-refractivity contribution in [3.05, 3.63) is 41.2 Å². The van der Waals surface area contributed by atoms with E-state index in [0.29, 0.717) is 17.7 Å². The third-order valence-corrected chi connectivity index (χ3v) is 3.77. The molecular weight excluding hydrogens is 298 g/mol. The Morgan fingerprint density at radius 3 is 2.48 bits per heavy atom. The van der Waals surface area contributed by atoms with Gasteiger partial charge in [0.15, 0.2) is 5.69 Å². The number of nitrogens with zero attached hydrogens (tertiary/aromatic N) is 2. The van der Waals surface area contributed by atoms with Crippen LogP contribution < -0.4 is 5.32 Å². The molecule has 2 rings (SSSR count). The second-order valence-corrected chi connectivity index (χ2v) is 5.28. The second kappa shape index (κ2) is 6.92. The number of amides is 2. The first-order chi connectivity index (χ1) is 11.0. The van der Waals surface area contributed by atoms with Gasteiger partial charge in [0.05, 0.1) is 13.7 Å². The molecule has 0 radical (unpaired) electrons. The van der Waals surface area contributed by atoms with Crippen molar-refractivity contribution in [2.24, 2.45) is 0 Å². The minimum atomic E-state index is -0.674. The zero-order valence-electron chi connectivity index (χ0n) is 12.9. The average molecular weight is 315 g/mol. The molecule has 7 nitrogen and oxygen atoms in total. The molecule has 0 saturated carbocycles. The van der Waals surface area contributed by atoms with Crippen LogP contribution in [-0.2, 0) is 14.3 Å². The minimum Gasteiger partial charge on any atom is -0.467 e. The third kappa shape index (κ3) is 3.66. The fraction of sp³-hybridized carbons (Fsp3) is 0.375. The quantitative estimate of drug-likeness (QED) is 0.670. The highest BCUT2D eigenvalue weighted by molar-refractivity contribution is 5.95. The largest absolute Gasteiger partial charge is 0.467 e. The summed E-state index contributed by atoms with van der Waals surface area (Å²) in [6.07, 6.45) is 0.318. The Bertz CT molecular complexity index is 663. The fourth-order valence-electron chi connectivity index (χ4n) is 2.60. The van der Waals surface area contributed by atoms with E-state index in [-0.39, 0.29) is 24.4 Å². The van der Waals surface area contributed by atoms with E-state index in [1.54, 1.807) is 24.3 Å². The van der Waals surface area contributed by atoms with Crippen LogP contribution in [0.3, 0.4) is 0 Å². The topological polar surface area (TPSA) is 80.1 Å². The van der Waals surface area contributed by atoms with Crippen LogP contribution in [0.4, 0.5) is 5.69 Å². The molecule has 7 heteroatoms. The summed E-state index contributed by atoms with van der Waals surface area (Å²) < 4.78 is 4.70. The summed E-state index contributed by atoms with van der Waals surface area (Å²) in [6, 6.07) is 5.27. The summed E-state index contributed by atoms with van der Waals surface area (Å²) in [7, 11) is 1.27. The molecule has 1 aromatic carbocycles. The van der Waals surface area contributed by atoms with Gasteiger partial charge in [0, 0.05) is 31.5 Å². The van der Waals surface area contributed by atoms with Gasteiger partial charge < -0.3 is 15.0 Å². The molecule has 0 aromatic heterocycles. The van der Waals surface area contributed by atoms with Crippen molar-refractivity contribution >= 4 is 23.5 Å². The Kier molecular flexibility index (Phi) is 4.96. The molecule has 1 heterocycles. The molecule has 23 heavy (non-hydrogen) atoms. The zero-order valence-corrected chi connectivity index (χ0v) is 12.9. The highest BCUT2D eigenvalue weighted by atomic mass is 16.5. The summed E-state index contributed by atoms with van der Waals surface area (Å²) >= 11 is 0. The molecule has 1 N–H and O–H groups in total. The van der Waals surface area contributed by atoms with Crippen molar-refractivity contribution in [3.8, 4) is 0 Å². The van der Waals surface area contributed by atoms with Crippen LogP contribution in [0.25, 0.3) is 4.85 Å². The highest BCUT2D eigenvalue weighted by Crippen LogP contribution is 2.20. The van der Waals surface area contributed by atoms with E-state index in [2.05, 4.69) is 10.2 Å². The summed E-state index contributed by atoms with van der Waals surface area (Å²) in [4.78, 5) is 40.3. The Balaban J connectivity index is 2.05. The first-order valence-electron chi connectivity index (χ1n) is 7.09. The van der Waals surface area contributed by atoms with Crippen LogP contribution in [0, 0.1) is 6.57 Å². The Labute approximate surface area is 134 Å².